The molecule has 3 rings (SSSR count). The van der Waals surface area contributed by atoms with Gasteiger partial charge in [-0.25, -0.2) is 14.8 Å². The molecule has 8 nitrogen and oxygen atoms in total. The molecule has 1 N–H and O–H groups in total. The fourth-order valence-corrected chi connectivity index (χ4v) is 4.15. The Morgan fingerprint density at radius 1 is 1.12 bits per heavy atom. The molecule has 1 aliphatic heterocycles. The van der Waals surface area contributed by atoms with Crippen molar-refractivity contribution in [1.29, 1.82) is 0 Å². The minimum atomic E-state index is -0.362. The number of methoxy groups -OCH3 is 2. The van der Waals surface area contributed by atoms with Gasteiger partial charge in [-0.15, -0.1) is 0 Å². The molecule has 2 aromatic rings. The first-order chi connectivity index (χ1) is 15.4. The van der Waals surface area contributed by atoms with E-state index in [0.717, 1.165) is 22.6 Å². The zero-order valence-corrected chi connectivity index (χ0v) is 20.0. The Bertz CT molecular complexity index is 957. The van der Waals surface area contributed by atoms with E-state index in [1.807, 2.05) is 32.9 Å². The lowest BCUT2D eigenvalue weighted by atomic mass is 10.1. The van der Waals surface area contributed by atoms with Gasteiger partial charge >= 0.3 is 6.09 Å². The van der Waals surface area contributed by atoms with Crippen LogP contribution in [0.3, 0.4) is 0 Å². The third kappa shape index (κ3) is 6.30. The van der Waals surface area contributed by atoms with Gasteiger partial charge < -0.3 is 24.4 Å². The van der Waals surface area contributed by atoms with Crippen molar-refractivity contribution in [2.24, 2.45) is 0 Å². The van der Waals surface area contributed by atoms with Crippen molar-refractivity contribution in [2.45, 2.75) is 60.6 Å². The second-order valence-electron chi connectivity index (χ2n) is 7.49. The summed E-state index contributed by atoms with van der Waals surface area (Å²) in [5, 5.41) is 4.06. The van der Waals surface area contributed by atoms with Gasteiger partial charge in [-0.2, -0.15) is 0 Å². The normalized spacial score (nSPS) is 16.9. The van der Waals surface area contributed by atoms with E-state index >= 15 is 0 Å². The Labute approximate surface area is 209 Å². The summed E-state index contributed by atoms with van der Waals surface area (Å²) < 4.78 is 16.0. The molecule has 0 spiro atoms. The van der Waals surface area contributed by atoms with Crippen LogP contribution in [0.4, 0.5) is 10.6 Å². The maximum Gasteiger partial charge on any atom is 0.409 e. The minimum Gasteiger partial charge on any atom is -0.497 e. The largest absolute Gasteiger partial charge is 0.497 e. The first-order valence-electron chi connectivity index (χ1n) is 10.9. The first kappa shape index (κ1) is 29.5. The van der Waals surface area contributed by atoms with Gasteiger partial charge in [-0.3, -0.25) is 0 Å². The fourth-order valence-electron chi connectivity index (χ4n) is 3.89. The van der Waals surface area contributed by atoms with E-state index in [-0.39, 0.29) is 33.1 Å². The zero-order valence-electron chi connectivity index (χ0n) is 19.3. The van der Waals surface area contributed by atoms with Gasteiger partial charge in [0.1, 0.15) is 11.6 Å². The lowest BCUT2D eigenvalue weighted by Gasteiger charge is -2.22. The molecule has 1 aliphatic rings. The Balaban J connectivity index is 0.00000289. The zero-order chi connectivity index (χ0) is 23.3. The molecule has 1 saturated heterocycles. The summed E-state index contributed by atoms with van der Waals surface area (Å²) >= 11 is 6.53. The molecule has 0 bridgehead atoms. The molecule has 2 atom stereocenters. The number of aromatic nitrogens is 2. The number of anilines is 1. The van der Waals surface area contributed by atoms with Crippen molar-refractivity contribution < 1.29 is 19.0 Å². The Hall–Kier alpha value is -2.58. The number of halogens is 1. The van der Waals surface area contributed by atoms with Gasteiger partial charge in [0.05, 0.1) is 55.0 Å². The van der Waals surface area contributed by atoms with E-state index in [2.05, 4.69) is 5.32 Å². The molecule has 0 radical (unpaired) electrons. The molecule has 1 fully saturated rings. The SMILES string of the molecule is C.C.CCO[C@H]1CN(C(=O)OC)C[C@H]1Nc1nc(CC)c(-c2ccc(OC)cc2Cl)nc1CC. The number of aryl methyl sites for hydroxylation is 2. The van der Waals surface area contributed by atoms with Crippen molar-refractivity contribution in [3.05, 3.63) is 34.6 Å². The van der Waals surface area contributed by atoms with Gasteiger partial charge in [-0.1, -0.05) is 40.3 Å². The number of rotatable bonds is 8. The van der Waals surface area contributed by atoms with E-state index in [1.54, 1.807) is 18.1 Å². The predicted octanol–water partition coefficient (Wildman–Crippen LogP) is 5.47. The smallest absolute Gasteiger partial charge is 0.409 e. The van der Waals surface area contributed by atoms with E-state index in [1.165, 1.54) is 7.11 Å². The quantitative estimate of drug-likeness (QED) is 0.520. The number of nitrogens with one attached hydrogen (secondary N) is 1. The third-order valence-electron chi connectivity index (χ3n) is 5.54. The molecule has 34 heavy (non-hydrogen) atoms. The van der Waals surface area contributed by atoms with Gasteiger partial charge in [0.2, 0.25) is 0 Å². The first-order valence-corrected chi connectivity index (χ1v) is 11.3. The molecule has 0 unspecified atom stereocenters. The number of nitrogens with zero attached hydrogens (tertiary/aromatic N) is 3. The van der Waals surface area contributed by atoms with Crippen LogP contribution in [0.5, 0.6) is 5.75 Å². The summed E-state index contributed by atoms with van der Waals surface area (Å²) in [5.74, 6) is 1.40. The predicted molar refractivity (Wildman–Crippen MR) is 138 cm³/mol. The van der Waals surface area contributed by atoms with Crippen LogP contribution in [0.15, 0.2) is 18.2 Å². The Morgan fingerprint density at radius 3 is 2.38 bits per heavy atom. The van der Waals surface area contributed by atoms with Gasteiger partial charge in [0.25, 0.3) is 0 Å². The molecule has 1 aromatic heterocycles. The maximum absolute atomic E-state index is 12.0. The minimum absolute atomic E-state index is 0. The van der Waals surface area contributed by atoms with Crippen molar-refractivity contribution in [3.63, 3.8) is 0 Å². The Morgan fingerprint density at radius 2 is 1.82 bits per heavy atom. The molecule has 0 aliphatic carbocycles. The van der Waals surface area contributed by atoms with Crippen LogP contribution in [-0.2, 0) is 22.3 Å². The molecule has 190 valence electrons. The second kappa shape index (κ2) is 13.3. The average Bonchev–Trinajstić information content (AvgIpc) is 3.20. The maximum atomic E-state index is 12.0. The number of amides is 1. The topological polar surface area (TPSA) is 85.8 Å². The highest BCUT2D eigenvalue weighted by Crippen LogP contribution is 2.33. The van der Waals surface area contributed by atoms with Crippen molar-refractivity contribution >= 4 is 23.5 Å². The monoisotopic (exact) mass is 494 g/mol. The average molecular weight is 495 g/mol. The summed E-state index contributed by atoms with van der Waals surface area (Å²) in [7, 11) is 2.99. The number of hydrogen-bond acceptors (Lipinski definition) is 7. The number of hydrogen-bond donors (Lipinski definition) is 1. The molecular formula is C25H39ClN4O4. The van der Waals surface area contributed by atoms with E-state index < -0.39 is 0 Å². The van der Waals surface area contributed by atoms with Crippen molar-refractivity contribution in [1.82, 2.24) is 14.9 Å². The molecule has 9 heteroatoms. The summed E-state index contributed by atoms with van der Waals surface area (Å²) in [6.45, 7) is 7.51. The van der Waals surface area contributed by atoms with Crippen LogP contribution in [0.2, 0.25) is 5.02 Å². The number of benzene rings is 1. The lowest BCUT2D eigenvalue weighted by Crippen LogP contribution is -2.35. The summed E-state index contributed by atoms with van der Waals surface area (Å²) in [4.78, 5) is 23.5. The number of carbonyl (C=O) groups is 1. The van der Waals surface area contributed by atoms with Gasteiger partial charge in [0.15, 0.2) is 0 Å². The molecule has 1 amide bonds. The molecule has 2 heterocycles. The Kier molecular flexibility index (Phi) is 11.6. The van der Waals surface area contributed by atoms with Crippen LogP contribution >= 0.6 is 11.6 Å². The summed E-state index contributed by atoms with van der Waals surface area (Å²) in [6, 6.07) is 5.44. The second-order valence-corrected chi connectivity index (χ2v) is 7.89. The van der Waals surface area contributed by atoms with Gasteiger partial charge in [-0.05, 0) is 38.0 Å². The molecule has 0 saturated carbocycles. The fraction of sp³-hybridized carbons (Fsp3) is 0.560. The number of carbonyl (C=O) groups excluding carboxylic acids is 1. The van der Waals surface area contributed by atoms with Crippen molar-refractivity contribution in [2.75, 3.05) is 39.2 Å². The van der Waals surface area contributed by atoms with E-state index in [9.17, 15) is 4.79 Å². The number of likely N-dealkylation sites (tertiary alicyclic amines) is 1. The van der Waals surface area contributed by atoms with E-state index in [0.29, 0.717) is 49.1 Å². The lowest BCUT2D eigenvalue weighted by molar-refractivity contribution is 0.0613. The van der Waals surface area contributed by atoms with Crippen LogP contribution in [0, 0.1) is 0 Å². The van der Waals surface area contributed by atoms with Crippen LogP contribution < -0.4 is 10.1 Å². The summed E-state index contributed by atoms with van der Waals surface area (Å²) in [6.07, 6.45) is 0.857. The number of ether oxygens (including phenoxy) is 3. The van der Waals surface area contributed by atoms with Gasteiger partial charge in [0, 0.05) is 18.7 Å². The van der Waals surface area contributed by atoms with E-state index in [4.69, 9.17) is 35.8 Å². The molecular weight excluding hydrogens is 456 g/mol. The van der Waals surface area contributed by atoms with Crippen LogP contribution in [-0.4, -0.2) is 67.0 Å². The highest BCUT2D eigenvalue weighted by molar-refractivity contribution is 6.33. The third-order valence-corrected chi connectivity index (χ3v) is 5.86. The molecule has 1 aromatic carbocycles. The standard InChI is InChI=1S/C23H31ClN4O4.2CH4/c1-6-17-21(15-10-9-14(30-4)11-16(15)24)25-18(7-2)22(26-17)27-19-12-28(23(29)31-5)13-20(19)32-8-3;;/h9-11,19-20H,6-8,12-13H2,1-5H3,(H,26,27);2*1H4/t19-,20+;;/m1../s1. The highest BCUT2D eigenvalue weighted by Gasteiger charge is 2.37. The highest BCUT2D eigenvalue weighted by atomic mass is 35.5. The summed E-state index contributed by atoms with van der Waals surface area (Å²) in [5.41, 5.74) is 3.26. The van der Waals surface area contributed by atoms with Crippen LogP contribution in [0.25, 0.3) is 11.3 Å². The van der Waals surface area contributed by atoms with Crippen LogP contribution in [0.1, 0.15) is 47.0 Å². The van der Waals surface area contributed by atoms with Crippen molar-refractivity contribution in [3.8, 4) is 17.0 Å².